The van der Waals surface area contributed by atoms with E-state index >= 15 is 0 Å². The molecule has 1 aliphatic heterocycles. The first kappa shape index (κ1) is 24.3. The molecule has 0 spiro atoms. The predicted octanol–water partition coefficient (Wildman–Crippen LogP) is 5.64. The van der Waals surface area contributed by atoms with Crippen LogP contribution in [0.25, 0.3) is 6.08 Å². The summed E-state index contributed by atoms with van der Waals surface area (Å²) in [6.45, 7) is 2.34. The van der Waals surface area contributed by atoms with E-state index in [0.717, 1.165) is 10.5 Å². The summed E-state index contributed by atoms with van der Waals surface area (Å²) in [6.07, 6.45) is 1.36. The number of benzene rings is 3. The lowest BCUT2D eigenvalue weighted by molar-refractivity contribution is -0.122. The molecule has 178 valence electrons. The number of rotatable bonds is 7. The third-order valence-electron chi connectivity index (χ3n) is 5.03. The number of para-hydroxylation sites is 1. The maximum Gasteiger partial charge on any atom is 0.335 e. The summed E-state index contributed by atoms with van der Waals surface area (Å²) in [7, 11) is 0. The van der Waals surface area contributed by atoms with Crippen molar-refractivity contribution in [2.45, 2.75) is 13.5 Å². The molecule has 0 aliphatic carbocycles. The van der Waals surface area contributed by atoms with Crippen LogP contribution in [0.2, 0.25) is 10.0 Å². The van der Waals surface area contributed by atoms with Crippen LogP contribution in [0.15, 0.2) is 72.3 Å². The van der Waals surface area contributed by atoms with Crippen LogP contribution in [0.3, 0.4) is 0 Å². The molecule has 7 nitrogen and oxygen atoms in total. The highest BCUT2D eigenvalue weighted by Crippen LogP contribution is 2.38. The van der Waals surface area contributed by atoms with Crippen LogP contribution >= 0.6 is 23.2 Å². The van der Waals surface area contributed by atoms with E-state index in [-0.39, 0.29) is 17.2 Å². The number of hydrogen-bond donors (Lipinski definition) is 1. The summed E-state index contributed by atoms with van der Waals surface area (Å²) in [5, 5.41) is 3.01. The van der Waals surface area contributed by atoms with E-state index in [1.54, 1.807) is 61.5 Å². The van der Waals surface area contributed by atoms with Gasteiger partial charge in [0.2, 0.25) is 0 Å². The molecule has 0 unspecified atom stereocenters. The van der Waals surface area contributed by atoms with Crippen molar-refractivity contribution in [3.05, 3.63) is 93.5 Å². The van der Waals surface area contributed by atoms with Gasteiger partial charge in [-0.25, -0.2) is 9.69 Å². The summed E-state index contributed by atoms with van der Waals surface area (Å²) in [6, 6.07) is 17.9. The van der Waals surface area contributed by atoms with Gasteiger partial charge >= 0.3 is 6.03 Å². The minimum atomic E-state index is -0.818. The maximum absolute atomic E-state index is 13.1. The quantitative estimate of drug-likeness (QED) is 0.328. The normalized spacial score (nSPS) is 14.8. The van der Waals surface area contributed by atoms with Gasteiger partial charge in [0.25, 0.3) is 11.8 Å². The maximum atomic E-state index is 13.1. The number of amides is 4. The highest BCUT2D eigenvalue weighted by Gasteiger charge is 2.36. The molecule has 0 atom stereocenters. The molecular formula is C26H20Cl2N2O5. The molecule has 1 aliphatic rings. The Balaban J connectivity index is 1.66. The smallest absolute Gasteiger partial charge is 0.335 e. The number of urea groups is 1. The third kappa shape index (κ3) is 5.48. The zero-order chi connectivity index (χ0) is 24.9. The summed E-state index contributed by atoms with van der Waals surface area (Å²) in [5.41, 5.74) is 1.39. The molecule has 0 saturated carbocycles. The van der Waals surface area contributed by atoms with Crippen LogP contribution in [-0.2, 0) is 16.2 Å². The lowest BCUT2D eigenvalue weighted by Crippen LogP contribution is -2.54. The van der Waals surface area contributed by atoms with Crippen LogP contribution < -0.4 is 19.7 Å². The third-order valence-corrected chi connectivity index (χ3v) is 5.55. The predicted molar refractivity (Wildman–Crippen MR) is 134 cm³/mol. The number of anilines is 1. The highest BCUT2D eigenvalue weighted by atomic mass is 35.5. The average molecular weight is 511 g/mol. The molecule has 1 N–H and O–H groups in total. The first-order valence-electron chi connectivity index (χ1n) is 10.7. The number of carbonyl (C=O) groups excluding carboxylic acids is 3. The summed E-state index contributed by atoms with van der Waals surface area (Å²) in [4.78, 5) is 38.8. The van der Waals surface area contributed by atoms with Crippen molar-refractivity contribution >= 4 is 52.8 Å². The van der Waals surface area contributed by atoms with Crippen LogP contribution in [0.4, 0.5) is 10.5 Å². The van der Waals surface area contributed by atoms with Crippen molar-refractivity contribution in [1.29, 1.82) is 0 Å². The number of carbonyl (C=O) groups is 3. The number of hydrogen-bond acceptors (Lipinski definition) is 5. The van der Waals surface area contributed by atoms with Gasteiger partial charge in [-0.2, -0.15) is 0 Å². The number of ether oxygens (including phenoxy) is 2. The zero-order valence-corrected chi connectivity index (χ0v) is 20.1. The lowest BCUT2D eigenvalue weighted by atomic mass is 10.1. The van der Waals surface area contributed by atoms with Crippen LogP contribution in [0, 0.1) is 0 Å². The molecule has 4 rings (SSSR count). The van der Waals surface area contributed by atoms with Crippen LogP contribution in [0.5, 0.6) is 11.5 Å². The van der Waals surface area contributed by atoms with Gasteiger partial charge in [-0.05, 0) is 60.5 Å². The van der Waals surface area contributed by atoms with Gasteiger partial charge < -0.3 is 9.47 Å². The van der Waals surface area contributed by atoms with Gasteiger partial charge in [-0.15, -0.1) is 0 Å². The van der Waals surface area contributed by atoms with E-state index < -0.39 is 17.8 Å². The number of nitrogens with zero attached hydrogens (tertiary/aromatic N) is 1. The Morgan fingerprint density at radius 1 is 0.943 bits per heavy atom. The SMILES string of the molecule is CCOc1cc(/C=C2\C(=O)NC(=O)N(c3ccccc3)C2=O)cc(Cl)c1OCc1cccc(Cl)c1. The van der Waals surface area contributed by atoms with Crippen molar-refractivity contribution in [1.82, 2.24) is 5.32 Å². The number of halogens is 2. The molecule has 0 aromatic heterocycles. The molecular weight excluding hydrogens is 491 g/mol. The fraction of sp³-hybridized carbons (Fsp3) is 0.115. The number of nitrogens with one attached hydrogen (secondary N) is 1. The summed E-state index contributed by atoms with van der Waals surface area (Å²) < 4.78 is 11.6. The fourth-order valence-electron chi connectivity index (χ4n) is 3.49. The van der Waals surface area contributed by atoms with Crippen LogP contribution in [0.1, 0.15) is 18.1 Å². The standard InChI is InChI=1S/C26H20Cl2N2O5/c1-2-34-22-14-17(13-21(28)23(22)35-15-16-7-6-8-18(27)11-16)12-20-24(31)29-26(33)30(25(20)32)19-9-4-3-5-10-19/h3-14H,2,15H2,1H3,(H,29,31,33)/b20-12+. The molecule has 1 fully saturated rings. The summed E-state index contributed by atoms with van der Waals surface area (Å²) >= 11 is 12.5. The van der Waals surface area contributed by atoms with Gasteiger partial charge in [-0.3, -0.25) is 14.9 Å². The monoisotopic (exact) mass is 510 g/mol. The Hall–Kier alpha value is -3.81. The number of imide groups is 2. The lowest BCUT2D eigenvalue weighted by Gasteiger charge is -2.26. The second-order valence-electron chi connectivity index (χ2n) is 7.47. The topological polar surface area (TPSA) is 84.9 Å². The Morgan fingerprint density at radius 3 is 2.43 bits per heavy atom. The molecule has 4 amide bonds. The molecule has 3 aromatic carbocycles. The molecule has 35 heavy (non-hydrogen) atoms. The zero-order valence-electron chi connectivity index (χ0n) is 18.6. The first-order valence-corrected chi connectivity index (χ1v) is 11.4. The van der Waals surface area contributed by atoms with Crippen molar-refractivity contribution in [3.63, 3.8) is 0 Å². The molecule has 1 heterocycles. The van der Waals surface area contributed by atoms with E-state index in [1.807, 2.05) is 12.1 Å². The Bertz CT molecular complexity index is 1320. The fourth-order valence-corrected chi connectivity index (χ4v) is 3.98. The molecule has 0 bridgehead atoms. The Labute approximate surface area is 211 Å². The minimum Gasteiger partial charge on any atom is -0.490 e. The Kier molecular flexibility index (Phi) is 7.39. The van der Waals surface area contributed by atoms with E-state index in [4.69, 9.17) is 32.7 Å². The first-order chi connectivity index (χ1) is 16.9. The van der Waals surface area contributed by atoms with Crippen LogP contribution in [-0.4, -0.2) is 24.5 Å². The average Bonchev–Trinajstić information content (AvgIpc) is 2.82. The van der Waals surface area contributed by atoms with Crippen molar-refractivity contribution in [2.75, 3.05) is 11.5 Å². The van der Waals surface area contributed by atoms with E-state index in [1.165, 1.54) is 6.08 Å². The largest absolute Gasteiger partial charge is 0.490 e. The molecule has 1 saturated heterocycles. The highest BCUT2D eigenvalue weighted by molar-refractivity contribution is 6.39. The van der Waals surface area contributed by atoms with Crippen molar-refractivity contribution in [3.8, 4) is 11.5 Å². The second-order valence-corrected chi connectivity index (χ2v) is 8.32. The van der Waals surface area contributed by atoms with Gasteiger partial charge in [0.15, 0.2) is 11.5 Å². The van der Waals surface area contributed by atoms with Gasteiger partial charge in [0.05, 0.1) is 17.3 Å². The Morgan fingerprint density at radius 2 is 1.71 bits per heavy atom. The molecule has 3 aromatic rings. The van der Waals surface area contributed by atoms with E-state index in [9.17, 15) is 14.4 Å². The minimum absolute atomic E-state index is 0.204. The molecule has 9 heteroatoms. The van der Waals surface area contributed by atoms with E-state index in [0.29, 0.717) is 34.4 Å². The molecule has 0 radical (unpaired) electrons. The van der Waals surface area contributed by atoms with Gasteiger partial charge in [0, 0.05) is 5.02 Å². The second kappa shape index (κ2) is 10.6. The summed E-state index contributed by atoms with van der Waals surface area (Å²) in [5.74, 6) is -0.896. The van der Waals surface area contributed by atoms with Gasteiger partial charge in [-0.1, -0.05) is 53.5 Å². The van der Waals surface area contributed by atoms with Gasteiger partial charge in [0.1, 0.15) is 12.2 Å². The van der Waals surface area contributed by atoms with Crippen molar-refractivity contribution in [2.24, 2.45) is 0 Å². The van der Waals surface area contributed by atoms with E-state index in [2.05, 4.69) is 5.32 Å². The number of barbiturate groups is 1. The van der Waals surface area contributed by atoms with Crippen molar-refractivity contribution < 1.29 is 23.9 Å².